The van der Waals surface area contributed by atoms with E-state index in [9.17, 15) is 9.59 Å². The molecular formula is C15H14ClN3O3. The first-order valence-electron chi connectivity index (χ1n) is 6.87. The first-order valence-corrected chi connectivity index (χ1v) is 7.25. The van der Waals surface area contributed by atoms with E-state index in [0.717, 1.165) is 5.56 Å². The lowest BCUT2D eigenvalue weighted by Gasteiger charge is -2.15. The van der Waals surface area contributed by atoms with Crippen LogP contribution in [0.5, 0.6) is 0 Å². The number of halogens is 1. The zero-order valence-electron chi connectivity index (χ0n) is 11.6. The highest BCUT2D eigenvalue weighted by Crippen LogP contribution is 2.26. The molecule has 22 heavy (non-hydrogen) atoms. The van der Waals surface area contributed by atoms with Gasteiger partial charge in [0.05, 0.1) is 23.4 Å². The van der Waals surface area contributed by atoms with Gasteiger partial charge in [0.25, 0.3) is 5.91 Å². The molecule has 0 aliphatic carbocycles. The number of benzene rings is 1. The average molecular weight is 320 g/mol. The number of nitrogens with zero attached hydrogens (tertiary/aromatic N) is 2. The molecule has 1 aromatic carbocycles. The van der Waals surface area contributed by atoms with Gasteiger partial charge in [0.1, 0.15) is 0 Å². The normalized spacial score (nSPS) is 17.7. The molecule has 3 rings (SSSR count). The van der Waals surface area contributed by atoms with Crippen LogP contribution in [0.4, 0.5) is 0 Å². The number of carboxylic acids is 1. The summed E-state index contributed by atoms with van der Waals surface area (Å²) in [5, 5.41) is 16.4. The lowest BCUT2D eigenvalue weighted by Crippen LogP contribution is -2.30. The number of carboxylic acid groups (broad SMARTS) is 1. The summed E-state index contributed by atoms with van der Waals surface area (Å²) in [6, 6.07) is 7.08. The maximum absolute atomic E-state index is 12.6. The third-order valence-electron chi connectivity index (χ3n) is 3.83. The van der Waals surface area contributed by atoms with Gasteiger partial charge >= 0.3 is 5.97 Å². The van der Waals surface area contributed by atoms with Crippen LogP contribution in [0.3, 0.4) is 0 Å². The van der Waals surface area contributed by atoms with Crippen LogP contribution in [-0.2, 0) is 4.79 Å². The number of amides is 1. The molecular weight excluding hydrogens is 306 g/mol. The number of hydrogen-bond acceptors (Lipinski definition) is 3. The van der Waals surface area contributed by atoms with Crippen LogP contribution < -0.4 is 0 Å². The van der Waals surface area contributed by atoms with E-state index in [2.05, 4.69) is 10.2 Å². The molecule has 6 nitrogen and oxygen atoms in total. The van der Waals surface area contributed by atoms with Crippen LogP contribution >= 0.6 is 11.6 Å². The van der Waals surface area contributed by atoms with Crippen molar-refractivity contribution in [3.8, 4) is 11.3 Å². The second-order valence-corrected chi connectivity index (χ2v) is 5.68. The number of H-pyrrole nitrogens is 1. The van der Waals surface area contributed by atoms with E-state index < -0.39 is 11.9 Å². The van der Waals surface area contributed by atoms with E-state index >= 15 is 0 Å². The first kappa shape index (κ1) is 14.6. The van der Waals surface area contributed by atoms with Crippen LogP contribution in [-0.4, -0.2) is 45.2 Å². The molecule has 1 amide bonds. The Labute approximate surface area is 131 Å². The molecule has 7 heteroatoms. The predicted molar refractivity (Wildman–Crippen MR) is 80.7 cm³/mol. The lowest BCUT2D eigenvalue weighted by atomic mass is 10.1. The number of hydrogen-bond donors (Lipinski definition) is 2. The quantitative estimate of drug-likeness (QED) is 0.908. The van der Waals surface area contributed by atoms with E-state index in [1.807, 2.05) is 0 Å². The smallest absolute Gasteiger partial charge is 0.308 e. The summed E-state index contributed by atoms with van der Waals surface area (Å²) in [5.41, 5.74) is 1.85. The van der Waals surface area contributed by atoms with Crippen molar-refractivity contribution in [3.05, 3.63) is 41.0 Å². The topological polar surface area (TPSA) is 86.3 Å². The number of nitrogens with one attached hydrogen (secondary N) is 1. The molecule has 1 aliphatic heterocycles. The number of carbonyl (C=O) groups excluding carboxylic acids is 1. The number of rotatable bonds is 3. The Bertz CT molecular complexity index is 711. The van der Waals surface area contributed by atoms with E-state index in [4.69, 9.17) is 16.7 Å². The Balaban J connectivity index is 1.84. The molecule has 0 radical (unpaired) electrons. The van der Waals surface area contributed by atoms with Gasteiger partial charge in [-0.15, -0.1) is 0 Å². The summed E-state index contributed by atoms with van der Waals surface area (Å²) in [6.07, 6.45) is 1.95. The fourth-order valence-electron chi connectivity index (χ4n) is 2.60. The molecule has 0 unspecified atom stereocenters. The van der Waals surface area contributed by atoms with Crippen LogP contribution in [0.25, 0.3) is 11.3 Å². The first-order chi connectivity index (χ1) is 10.6. The van der Waals surface area contributed by atoms with Gasteiger partial charge in [-0.3, -0.25) is 14.7 Å². The van der Waals surface area contributed by atoms with Gasteiger partial charge < -0.3 is 10.0 Å². The van der Waals surface area contributed by atoms with Crippen LogP contribution in [0.1, 0.15) is 16.8 Å². The second kappa shape index (κ2) is 5.81. The van der Waals surface area contributed by atoms with Crippen LogP contribution in [0.2, 0.25) is 5.02 Å². The van der Waals surface area contributed by atoms with Crippen LogP contribution in [0, 0.1) is 5.92 Å². The van der Waals surface area contributed by atoms with Gasteiger partial charge in [-0.1, -0.05) is 23.7 Å². The third kappa shape index (κ3) is 2.69. The molecule has 2 heterocycles. The summed E-state index contributed by atoms with van der Waals surface area (Å²) >= 11 is 5.87. The van der Waals surface area contributed by atoms with Crippen molar-refractivity contribution in [2.24, 2.45) is 5.92 Å². The molecule has 1 fully saturated rings. The van der Waals surface area contributed by atoms with E-state index in [0.29, 0.717) is 29.2 Å². The van der Waals surface area contributed by atoms with Crippen molar-refractivity contribution in [2.75, 3.05) is 13.1 Å². The maximum atomic E-state index is 12.6. The summed E-state index contributed by atoms with van der Waals surface area (Å²) in [6.45, 7) is 0.681. The number of aromatic amines is 1. The lowest BCUT2D eigenvalue weighted by molar-refractivity contribution is -0.141. The van der Waals surface area contributed by atoms with Gasteiger partial charge in [0.15, 0.2) is 0 Å². The Morgan fingerprint density at radius 1 is 1.32 bits per heavy atom. The zero-order valence-corrected chi connectivity index (χ0v) is 12.4. The summed E-state index contributed by atoms with van der Waals surface area (Å²) in [7, 11) is 0. The van der Waals surface area contributed by atoms with Crippen molar-refractivity contribution in [3.63, 3.8) is 0 Å². The van der Waals surface area contributed by atoms with Gasteiger partial charge in [-0.2, -0.15) is 5.10 Å². The van der Waals surface area contributed by atoms with E-state index in [-0.39, 0.29) is 12.5 Å². The summed E-state index contributed by atoms with van der Waals surface area (Å²) < 4.78 is 0. The summed E-state index contributed by atoms with van der Waals surface area (Å²) in [4.78, 5) is 25.2. The Kier molecular flexibility index (Phi) is 3.85. The third-order valence-corrected chi connectivity index (χ3v) is 4.08. The zero-order chi connectivity index (χ0) is 15.7. The minimum atomic E-state index is -0.861. The number of aliphatic carboxylic acids is 1. The highest BCUT2D eigenvalue weighted by molar-refractivity contribution is 6.30. The van der Waals surface area contributed by atoms with Gasteiger partial charge in [-0.05, 0) is 18.6 Å². The van der Waals surface area contributed by atoms with E-state index in [1.54, 1.807) is 29.2 Å². The van der Waals surface area contributed by atoms with Crippen molar-refractivity contribution in [2.45, 2.75) is 6.42 Å². The number of carbonyl (C=O) groups is 2. The molecule has 1 aliphatic rings. The van der Waals surface area contributed by atoms with Gasteiger partial charge in [0.2, 0.25) is 0 Å². The molecule has 1 atom stereocenters. The van der Waals surface area contributed by atoms with Crippen molar-refractivity contribution >= 4 is 23.5 Å². The Morgan fingerprint density at radius 3 is 2.68 bits per heavy atom. The predicted octanol–water partition coefficient (Wildman–Crippen LogP) is 2.28. The molecule has 1 saturated heterocycles. The van der Waals surface area contributed by atoms with Crippen molar-refractivity contribution in [1.82, 2.24) is 15.1 Å². The molecule has 0 saturated carbocycles. The second-order valence-electron chi connectivity index (χ2n) is 5.24. The standard InChI is InChI=1S/C15H14ClN3O3/c16-11-3-1-9(2-4-11)13-12(7-17-18-13)14(20)19-6-5-10(8-19)15(21)22/h1-4,7,10H,5-6,8H2,(H,17,18)(H,21,22)/t10-/m0/s1. The minimum Gasteiger partial charge on any atom is -0.481 e. The fraction of sp³-hybridized carbons (Fsp3) is 0.267. The molecule has 0 spiro atoms. The number of likely N-dealkylation sites (tertiary alicyclic amines) is 1. The Hall–Kier alpha value is -2.34. The van der Waals surface area contributed by atoms with Gasteiger partial charge in [-0.25, -0.2) is 0 Å². The summed E-state index contributed by atoms with van der Waals surface area (Å²) in [5.74, 6) is -1.56. The molecule has 2 N–H and O–H groups in total. The fourth-order valence-corrected chi connectivity index (χ4v) is 2.73. The SMILES string of the molecule is O=C(O)[C@H]1CCN(C(=O)c2cn[nH]c2-c2ccc(Cl)cc2)C1. The molecule has 0 bridgehead atoms. The molecule has 2 aromatic rings. The molecule has 114 valence electrons. The Morgan fingerprint density at radius 2 is 2.05 bits per heavy atom. The minimum absolute atomic E-state index is 0.206. The average Bonchev–Trinajstić information content (AvgIpc) is 3.17. The molecule has 1 aromatic heterocycles. The highest BCUT2D eigenvalue weighted by atomic mass is 35.5. The van der Waals surface area contributed by atoms with E-state index in [1.165, 1.54) is 6.20 Å². The maximum Gasteiger partial charge on any atom is 0.308 e. The van der Waals surface area contributed by atoms with Gasteiger partial charge in [0, 0.05) is 23.7 Å². The number of aromatic nitrogens is 2. The highest BCUT2D eigenvalue weighted by Gasteiger charge is 2.32. The van der Waals surface area contributed by atoms with Crippen molar-refractivity contribution in [1.29, 1.82) is 0 Å². The monoisotopic (exact) mass is 319 g/mol. The van der Waals surface area contributed by atoms with Crippen molar-refractivity contribution < 1.29 is 14.7 Å². The largest absolute Gasteiger partial charge is 0.481 e. The van der Waals surface area contributed by atoms with Crippen LogP contribution in [0.15, 0.2) is 30.5 Å².